The molecule has 8 heteroatoms. The van der Waals surface area contributed by atoms with Crippen molar-refractivity contribution >= 4 is 38.9 Å². The van der Waals surface area contributed by atoms with E-state index in [1.165, 1.54) is 19.2 Å². The number of hydrogen-bond acceptors (Lipinski definition) is 3. The number of carbonyl (C=O) groups is 1. The van der Waals surface area contributed by atoms with E-state index >= 15 is 0 Å². The molecule has 1 amide bonds. The number of nitrogens with one attached hydrogen (secondary N) is 1. The van der Waals surface area contributed by atoms with Crippen molar-refractivity contribution in [3.63, 3.8) is 0 Å². The zero-order valence-corrected chi connectivity index (χ0v) is 14.9. The second-order valence-electron chi connectivity index (χ2n) is 5.26. The predicted octanol–water partition coefficient (Wildman–Crippen LogP) is 3.44. The molecule has 0 radical (unpaired) electrons. The Kier molecular flexibility index (Phi) is 5.15. The van der Waals surface area contributed by atoms with Crippen LogP contribution in [0.25, 0.3) is 0 Å². The smallest absolute Gasteiger partial charge is 0.256 e. The van der Waals surface area contributed by atoms with E-state index in [-0.39, 0.29) is 5.02 Å². The summed E-state index contributed by atoms with van der Waals surface area (Å²) in [6.07, 6.45) is 1.08. The summed E-state index contributed by atoms with van der Waals surface area (Å²) in [4.78, 5) is 12.4. The van der Waals surface area contributed by atoms with Gasteiger partial charge in [-0.25, -0.2) is 12.8 Å². The number of hydrogen-bond donors (Lipinski definition) is 1. The average molecular weight is 371 g/mol. The van der Waals surface area contributed by atoms with E-state index in [4.69, 9.17) is 11.6 Å². The largest absolute Gasteiger partial charge is 0.322 e. The highest BCUT2D eigenvalue weighted by Crippen LogP contribution is 2.25. The average Bonchev–Trinajstić information content (AvgIpc) is 2.49. The fourth-order valence-corrected chi connectivity index (χ4v) is 2.90. The van der Waals surface area contributed by atoms with Crippen molar-refractivity contribution < 1.29 is 17.6 Å². The Morgan fingerprint density at radius 3 is 2.50 bits per heavy atom. The Bertz CT molecular complexity index is 900. The monoisotopic (exact) mass is 370 g/mol. The van der Waals surface area contributed by atoms with Gasteiger partial charge in [-0.2, -0.15) is 0 Å². The maximum absolute atomic E-state index is 13.2. The van der Waals surface area contributed by atoms with E-state index in [0.717, 1.165) is 16.6 Å². The molecule has 0 aliphatic rings. The molecule has 128 valence electrons. The summed E-state index contributed by atoms with van der Waals surface area (Å²) in [5.41, 5.74) is 1.56. The van der Waals surface area contributed by atoms with Gasteiger partial charge in [0.05, 0.1) is 17.0 Å². The Hall–Kier alpha value is -2.12. The van der Waals surface area contributed by atoms with Crippen molar-refractivity contribution in [2.45, 2.75) is 6.92 Å². The number of nitrogens with zero attached hydrogens (tertiary/aromatic N) is 1. The van der Waals surface area contributed by atoms with Gasteiger partial charge >= 0.3 is 0 Å². The molecule has 0 aliphatic carbocycles. The topological polar surface area (TPSA) is 66.5 Å². The van der Waals surface area contributed by atoms with Gasteiger partial charge in [0, 0.05) is 18.3 Å². The van der Waals surface area contributed by atoms with Crippen LogP contribution in [0.2, 0.25) is 5.02 Å². The lowest BCUT2D eigenvalue weighted by molar-refractivity contribution is 0.102. The van der Waals surface area contributed by atoms with E-state index in [2.05, 4.69) is 5.32 Å². The first-order valence-corrected chi connectivity index (χ1v) is 9.14. The van der Waals surface area contributed by atoms with Crippen LogP contribution in [0.3, 0.4) is 0 Å². The van der Waals surface area contributed by atoms with Gasteiger partial charge in [-0.05, 0) is 42.8 Å². The molecule has 2 aromatic rings. The molecule has 0 aliphatic heterocycles. The van der Waals surface area contributed by atoms with Crippen LogP contribution in [0.1, 0.15) is 15.9 Å². The summed E-state index contributed by atoms with van der Waals surface area (Å²) in [6, 6.07) is 8.63. The molecule has 5 nitrogen and oxygen atoms in total. The Labute approximate surface area is 145 Å². The zero-order valence-electron chi connectivity index (χ0n) is 13.3. The SMILES string of the molecule is Cc1c(C(=O)Nc2ccc(F)c(Cl)c2)cccc1N(C)S(C)(=O)=O. The first-order valence-electron chi connectivity index (χ1n) is 6.91. The van der Waals surface area contributed by atoms with Gasteiger partial charge in [0.2, 0.25) is 10.0 Å². The lowest BCUT2D eigenvalue weighted by atomic mass is 10.1. The van der Waals surface area contributed by atoms with Gasteiger partial charge in [-0.1, -0.05) is 17.7 Å². The van der Waals surface area contributed by atoms with Crippen molar-refractivity contribution in [1.82, 2.24) is 0 Å². The number of rotatable bonds is 4. The molecule has 0 fully saturated rings. The Morgan fingerprint density at radius 1 is 1.25 bits per heavy atom. The maximum atomic E-state index is 13.2. The number of anilines is 2. The van der Waals surface area contributed by atoms with Crippen molar-refractivity contribution in [2.75, 3.05) is 22.9 Å². The molecule has 0 spiro atoms. The summed E-state index contributed by atoms with van der Waals surface area (Å²) in [7, 11) is -2.03. The fraction of sp³-hybridized carbons (Fsp3) is 0.188. The Balaban J connectivity index is 2.35. The summed E-state index contributed by atoms with van der Waals surface area (Å²) >= 11 is 5.69. The van der Waals surface area contributed by atoms with E-state index in [0.29, 0.717) is 22.5 Å². The molecule has 1 N–H and O–H groups in total. The summed E-state index contributed by atoms with van der Waals surface area (Å²) in [5, 5.41) is 2.51. The van der Waals surface area contributed by atoms with Gasteiger partial charge in [-0.15, -0.1) is 0 Å². The van der Waals surface area contributed by atoms with Crippen LogP contribution < -0.4 is 9.62 Å². The minimum absolute atomic E-state index is 0.102. The van der Waals surface area contributed by atoms with E-state index in [1.807, 2.05) is 0 Å². The van der Waals surface area contributed by atoms with Crippen LogP contribution in [-0.2, 0) is 10.0 Å². The fourth-order valence-electron chi connectivity index (χ4n) is 2.16. The lowest BCUT2D eigenvalue weighted by Crippen LogP contribution is -2.26. The van der Waals surface area contributed by atoms with E-state index in [9.17, 15) is 17.6 Å². The molecule has 0 unspecified atom stereocenters. The molecular weight excluding hydrogens is 355 g/mol. The van der Waals surface area contributed by atoms with Crippen molar-refractivity contribution in [2.24, 2.45) is 0 Å². The third kappa shape index (κ3) is 3.85. The predicted molar refractivity (Wildman–Crippen MR) is 93.8 cm³/mol. The van der Waals surface area contributed by atoms with Crippen molar-refractivity contribution in [1.29, 1.82) is 0 Å². The zero-order chi connectivity index (χ0) is 18.1. The molecule has 0 saturated carbocycles. The number of benzene rings is 2. The number of halogens is 2. The molecule has 2 aromatic carbocycles. The van der Waals surface area contributed by atoms with Crippen molar-refractivity contribution in [3.05, 3.63) is 58.4 Å². The molecule has 0 bridgehead atoms. The van der Waals surface area contributed by atoms with E-state index in [1.54, 1.807) is 25.1 Å². The minimum Gasteiger partial charge on any atom is -0.322 e. The summed E-state index contributed by atoms with van der Waals surface area (Å²) in [6.45, 7) is 1.66. The number of sulfonamides is 1. The van der Waals surface area contributed by atoms with Crippen LogP contribution in [-0.4, -0.2) is 27.6 Å². The minimum atomic E-state index is -3.45. The second-order valence-corrected chi connectivity index (χ2v) is 7.68. The molecule has 2 rings (SSSR count). The molecule has 0 atom stereocenters. The maximum Gasteiger partial charge on any atom is 0.256 e. The number of amides is 1. The molecular formula is C16H16ClFN2O3S. The van der Waals surface area contributed by atoms with Crippen LogP contribution in [0.5, 0.6) is 0 Å². The van der Waals surface area contributed by atoms with Crippen LogP contribution >= 0.6 is 11.6 Å². The third-order valence-electron chi connectivity index (χ3n) is 3.56. The van der Waals surface area contributed by atoms with Crippen LogP contribution in [0, 0.1) is 12.7 Å². The second kappa shape index (κ2) is 6.78. The molecule has 0 heterocycles. The standard InChI is InChI=1S/C16H16ClFN2O3S/c1-10-12(5-4-6-15(10)20(2)24(3,22)23)16(21)19-11-7-8-14(18)13(17)9-11/h4-9H,1-3H3,(H,19,21). The third-order valence-corrected chi connectivity index (χ3v) is 5.05. The van der Waals surface area contributed by atoms with Gasteiger partial charge in [0.15, 0.2) is 0 Å². The highest BCUT2D eigenvalue weighted by atomic mass is 35.5. The number of carbonyl (C=O) groups excluding carboxylic acids is 1. The van der Waals surface area contributed by atoms with Crippen LogP contribution in [0.4, 0.5) is 15.8 Å². The van der Waals surface area contributed by atoms with Gasteiger partial charge in [0.25, 0.3) is 5.91 Å². The summed E-state index contributed by atoms with van der Waals surface area (Å²) in [5.74, 6) is -1.03. The normalized spacial score (nSPS) is 11.2. The first kappa shape index (κ1) is 18.2. The van der Waals surface area contributed by atoms with Gasteiger partial charge in [-0.3, -0.25) is 9.10 Å². The van der Waals surface area contributed by atoms with E-state index < -0.39 is 21.7 Å². The lowest BCUT2D eigenvalue weighted by Gasteiger charge is -2.20. The van der Waals surface area contributed by atoms with Gasteiger partial charge in [0.1, 0.15) is 5.82 Å². The highest BCUT2D eigenvalue weighted by Gasteiger charge is 2.18. The van der Waals surface area contributed by atoms with Crippen molar-refractivity contribution in [3.8, 4) is 0 Å². The molecule has 0 aromatic heterocycles. The first-order chi connectivity index (χ1) is 11.1. The molecule has 24 heavy (non-hydrogen) atoms. The highest BCUT2D eigenvalue weighted by molar-refractivity contribution is 7.92. The van der Waals surface area contributed by atoms with Gasteiger partial charge < -0.3 is 5.32 Å². The summed E-state index contributed by atoms with van der Waals surface area (Å²) < 4.78 is 37.7. The van der Waals surface area contributed by atoms with Crippen LogP contribution in [0.15, 0.2) is 36.4 Å². The quantitative estimate of drug-likeness (QED) is 0.896. The molecule has 0 saturated heterocycles. The Morgan fingerprint density at radius 2 is 1.92 bits per heavy atom.